The highest BCUT2D eigenvalue weighted by Gasteiger charge is 2.34. The molecule has 1 atom stereocenters. The summed E-state index contributed by atoms with van der Waals surface area (Å²) in [5.41, 5.74) is 4.73. The number of hydrogen-bond acceptors (Lipinski definition) is 3. The number of benzene rings is 2. The average Bonchev–Trinajstić information content (AvgIpc) is 2.85. The van der Waals surface area contributed by atoms with E-state index in [0.717, 1.165) is 22.4 Å². The summed E-state index contributed by atoms with van der Waals surface area (Å²) >= 11 is 6.05. The number of hydrogen-bond donors (Lipinski definition) is 0. The zero-order chi connectivity index (χ0) is 24.2. The number of likely N-dealkylation sites (tertiary alicyclic amines) is 1. The van der Waals surface area contributed by atoms with E-state index in [1.165, 1.54) is 0 Å². The molecule has 0 N–H and O–H groups in total. The first kappa shape index (κ1) is 24.0. The number of halogens is 1. The van der Waals surface area contributed by atoms with Crippen LogP contribution in [0.1, 0.15) is 51.6 Å². The molecular weight excluding hydrogens is 446 g/mol. The number of carbonyl (C=O) groups excluding carboxylic acids is 2. The lowest BCUT2D eigenvalue weighted by molar-refractivity contribution is -0.137. The molecule has 34 heavy (non-hydrogen) atoms. The number of carbonyl (C=O) groups is 2. The molecule has 2 aromatic carbocycles. The number of amides is 2. The maximum Gasteiger partial charge on any atom is 0.253 e. The zero-order valence-corrected chi connectivity index (χ0v) is 20.6. The summed E-state index contributed by atoms with van der Waals surface area (Å²) in [6.45, 7) is 5.20. The molecule has 0 radical (unpaired) electrons. The summed E-state index contributed by atoms with van der Waals surface area (Å²) in [5.74, 6) is -0.0826. The lowest BCUT2D eigenvalue weighted by atomic mass is 9.91. The Morgan fingerprint density at radius 3 is 2.38 bits per heavy atom. The van der Waals surface area contributed by atoms with E-state index in [9.17, 15) is 9.59 Å². The van der Waals surface area contributed by atoms with Gasteiger partial charge in [0.2, 0.25) is 5.91 Å². The Balaban J connectivity index is 1.52. The Kier molecular flexibility index (Phi) is 7.32. The maximum atomic E-state index is 13.7. The predicted molar refractivity (Wildman–Crippen MR) is 135 cm³/mol. The van der Waals surface area contributed by atoms with Gasteiger partial charge in [-0.15, -0.1) is 0 Å². The maximum absolute atomic E-state index is 13.7. The van der Waals surface area contributed by atoms with Crippen molar-refractivity contribution in [3.63, 3.8) is 0 Å². The summed E-state index contributed by atoms with van der Waals surface area (Å²) in [6.07, 6.45) is 3.06. The summed E-state index contributed by atoms with van der Waals surface area (Å²) in [7, 11) is 1.87. The molecule has 1 aliphatic heterocycles. The van der Waals surface area contributed by atoms with E-state index in [4.69, 9.17) is 11.6 Å². The summed E-state index contributed by atoms with van der Waals surface area (Å²) < 4.78 is 0. The lowest BCUT2D eigenvalue weighted by Gasteiger charge is -2.36. The van der Waals surface area contributed by atoms with Crippen molar-refractivity contribution in [1.82, 2.24) is 14.8 Å². The molecule has 1 aliphatic rings. The highest BCUT2D eigenvalue weighted by atomic mass is 35.5. The molecule has 2 heterocycles. The van der Waals surface area contributed by atoms with Gasteiger partial charge in [0.15, 0.2) is 0 Å². The van der Waals surface area contributed by atoms with Crippen LogP contribution in [0.15, 0.2) is 66.9 Å². The van der Waals surface area contributed by atoms with Crippen molar-refractivity contribution in [3.05, 3.63) is 99.8 Å². The molecule has 0 aliphatic carbocycles. The minimum absolute atomic E-state index is 0.0383. The van der Waals surface area contributed by atoms with Gasteiger partial charge in [-0.25, -0.2) is 0 Å². The molecule has 1 unspecified atom stereocenters. The molecule has 0 bridgehead atoms. The largest absolute Gasteiger partial charge is 0.339 e. The van der Waals surface area contributed by atoms with Gasteiger partial charge in [-0.05, 0) is 67.6 Å². The third-order valence-electron chi connectivity index (χ3n) is 6.73. The van der Waals surface area contributed by atoms with Gasteiger partial charge in [0, 0.05) is 42.8 Å². The Hall–Kier alpha value is -3.18. The molecule has 6 heteroatoms. The molecule has 4 rings (SSSR count). The van der Waals surface area contributed by atoms with Crippen LogP contribution in [0.25, 0.3) is 0 Å². The number of pyridine rings is 1. The molecule has 0 saturated carbocycles. The predicted octanol–water partition coefficient (Wildman–Crippen LogP) is 5.45. The number of piperidine rings is 1. The van der Waals surface area contributed by atoms with Crippen molar-refractivity contribution in [2.24, 2.45) is 5.92 Å². The fourth-order valence-corrected chi connectivity index (χ4v) is 4.96. The van der Waals surface area contributed by atoms with Crippen LogP contribution in [0.3, 0.4) is 0 Å². The first-order chi connectivity index (χ1) is 16.4. The third kappa shape index (κ3) is 5.00. The van der Waals surface area contributed by atoms with Crippen LogP contribution in [0.5, 0.6) is 0 Å². The van der Waals surface area contributed by atoms with Gasteiger partial charge in [-0.3, -0.25) is 14.6 Å². The van der Waals surface area contributed by atoms with Crippen LogP contribution in [0, 0.1) is 19.8 Å². The minimum Gasteiger partial charge on any atom is -0.339 e. The second kappa shape index (κ2) is 10.4. The Morgan fingerprint density at radius 1 is 1.00 bits per heavy atom. The molecule has 1 aromatic heterocycles. The average molecular weight is 476 g/mol. The monoisotopic (exact) mass is 475 g/mol. The van der Waals surface area contributed by atoms with Gasteiger partial charge in [-0.2, -0.15) is 0 Å². The van der Waals surface area contributed by atoms with Crippen molar-refractivity contribution in [2.45, 2.75) is 32.7 Å². The number of aromatic nitrogens is 1. The van der Waals surface area contributed by atoms with Crippen LogP contribution in [0.2, 0.25) is 5.02 Å². The van der Waals surface area contributed by atoms with Crippen molar-refractivity contribution in [1.29, 1.82) is 0 Å². The molecular formula is C28H30ClN3O2. The fourth-order valence-electron chi connectivity index (χ4n) is 4.77. The van der Waals surface area contributed by atoms with Crippen LogP contribution >= 0.6 is 11.6 Å². The normalized spacial score (nSPS) is 15.1. The van der Waals surface area contributed by atoms with E-state index in [-0.39, 0.29) is 23.8 Å². The summed E-state index contributed by atoms with van der Waals surface area (Å²) in [6, 6.07) is 18.9. The van der Waals surface area contributed by atoms with Crippen LogP contribution in [0.4, 0.5) is 0 Å². The van der Waals surface area contributed by atoms with E-state index in [2.05, 4.69) is 24.0 Å². The van der Waals surface area contributed by atoms with Crippen molar-refractivity contribution in [3.8, 4) is 0 Å². The number of nitrogens with zero attached hydrogens (tertiary/aromatic N) is 3. The lowest BCUT2D eigenvalue weighted by Crippen LogP contribution is -2.44. The molecule has 5 nitrogen and oxygen atoms in total. The highest BCUT2D eigenvalue weighted by Crippen LogP contribution is 2.33. The van der Waals surface area contributed by atoms with Crippen LogP contribution < -0.4 is 0 Å². The van der Waals surface area contributed by atoms with Gasteiger partial charge >= 0.3 is 0 Å². The third-order valence-corrected chi connectivity index (χ3v) is 6.96. The van der Waals surface area contributed by atoms with E-state index in [1.54, 1.807) is 30.5 Å². The molecule has 176 valence electrons. The second-order valence-corrected chi connectivity index (χ2v) is 9.43. The summed E-state index contributed by atoms with van der Waals surface area (Å²) in [4.78, 5) is 34.9. The van der Waals surface area contributed by atoms with Crippen molar-refractivity contribution in [2.75, 3.05) is 20.1 Å². The van der Waals surface area contributed by atoms with Gasteiger partial charge in [0.25, 0.3) is 5.91 Å². The van der Waals surface area contributed by atoms with Crippen molar-refractivity contribution < 1.29 is 9.59 Å². The highest BCUT2D eigenvalue weighted by molar-refractivity contribution is 6.30. The first-order valence-electron chi connectivity index (χ1n) is 11.7. The molecule has 1 fully saturated rings. The molecule has 0 spiro atoms. The first-order valence-corrected chi connectivity index (χ1v) is 12.0. The van der Waals surface area contributed by atoms with Crippen molar-refractivity contribution >= 4 is 23.4 Å². The number of aryl methyl sites for hydroxylation is 2. The standard InChI is InChI=1S/C28H30ClN3O2/c1-19-8-4-5-12-24(19)26(25-20(2)9-7-15-30-25)31(3)27(33)21-13-16-32(17-14-21)28(34)22-10-6-11-23(29)18-22/h4-12,15,18,21,26H,13-14,16-17H2,1-3H3. The van der Waals surface area contributed by atoms with Gasteiger partial charge in [0.05, 0.1) is 11.7 Å². The molecule has 2 amide bonds. The zero-order valence-electron chi connectivity index (χ0n) is 19.9. The van der Waals surface area contributed by atoms with E-state index in [1.807, 2.05) is 48.0 Å². The van der Waals surface area contributed by atoms with E-state index in [0.29, 0.717) is 36.5 Å². The molecule has 3 aromatic rings. The summed E-state index contributed by atoms with van der Waals surface area (Å²) in [5, 5.41) is 0.546. The van der Waals surface area contributed by atoms with Gasteiger partial charge in [0.1, 0.15) is 0 Å². The Bertz CT molecular complexity index is 1140. The topological polar surface area (TPSA) is 53.5 Å². The van der Waals surface area contributed by atoms with Gasteiger partial charge < -0.3 is 9.80 Å². The Labute approximate surface area is 206 Å². The quantitative estimate of drug-likeness (QED) is 0.493. The number of rotatable bonds is 5. The van der Waals surface area contributed by atoms with E-state index < -0.39 is 0 Å². The fraction of sp³-hybridized carbons (Fsp3) is 0.321. The van der Waals surface area contributed by atoms with Gasteiger partial charge in [-0.1, -0.05) is 48.0 Å². The minimum atomic E-state index is -0.263. The molecule has 1 saturated heterocycles. The van der Waals surface area contributed by atoms with Crippen LogP contribution in [-0.4, -0.2) is 46.7 Å². The van der Waals surface area contributed by atoms with Crippen LogP contribution in [-0.2, 0) is 4.79 Å². The SMILES string of the molecule is Cc1ccccc1C(c1ncccc1C)N(C)C(=O)C1CCN(C(=O)c2cccc(Cl)c2)CC1. The Morgan fingerprint density at radius 2 is 1.71 bits per heavy atom. The smallest absolute Gasteiger partial charge is 0.253 e. The van der Waals surface area contributed by atoms with E-state index >= 15 is 0 Å². The second-order valence-electron chi connectivity index (χ2n) is 8.99.